The second-order valence-electron chi connectivity index (χ2n) is 7.45. The van der Waals surface area contributed by atoms with E-state index in [1.807, 2.05) is 14.1 Å². The van der Waals surface area contributed by atoms with Crippen LogP contribution in [0.15, 0.2) is 0 Å². The SMILES string of the molecule is CCCCCCCCCCCCCCCCCC(=O)NC(=S)N(C)C. The van der Waals surface area contributed by atoms with Crippen LogP contribution in [0.3, 0.4) is 0 Å². The molecule has 1 N–H and O–H groups in total. The lowest BCUT2D eigenvalue weighted by molar-refractivity contribution is -0.119. The number of unbranched alkanes of at least 4 members (excludes halogenated alkanes) is 14. The van der Waals surface area contributed by atoms with Gasteiger partial charge in [-0.05, 0) is 18.6 Å². The van der Waals surface area contributed by atoms with Crippen LogP contribution < -0.4 is 5.32 Å². The second-order valence-corrected chi connectivity index (χ2v) is 7.83. The number of hydrogen-bond acceptors (Lipinski definition) is 2. The molecule has 0 heterocycles. The summed E-state index contributed by atoms with van der Waals surface area (Å²) in [5.41, 5.74) is 0. The Labute approximate surface area is 162 Å². The van der Waals surface area contributed by atoms with Gasteiger partial charge in [-0.3, -0.25) is 4.79 Å². The van der Waals surface area contributed by atoms with Gasteiger partial charge in [-0.15, -0.1) is 0 Å². The van der Waals surface area contributed by atoms with Crippen LogP contribution in [0.25, 0.3) is 0 Å². The van der Waals surface area contributed by atoms with Crippen LogP contribution in [0.2, 0.25) is 0 Å². The summed E-state index contributed by atoms with van der Waals surface area (Å²) in [6, 6.07) is 0. The Hall–Kier alpha value is -0.640. The lowest BCUT2D eigenvalue weighted by atomic mass is 10.0. The van der Waals surface area contributed by atoms with Crippen molar-refractivity contribution in [3.8, 4) is 0 Å². The van der Waals surface area contributed by atoms with Crippen molar-refractivity contribution >= 4 is 23.2 Å². The smallest absolute Gasteiger partial charge is 0.226 e. The first-order chi connectivity index (χ1) is 12.1. The van der Waals surface area contributed by atoms with Crippen molar-refractivity contribution in [2.24, 2.45) is 0 Å². The first-order valence-electron chi connectivity index (χ1n) is 10.6. The highest BCUT2D eigenvalue weighted by atomic mass is 32.1. The van der Waals surface area contributed by atoms with Gasteiger partial charge in [0.2, 0.25) is 5.91 Å². The quantitative estimate of drug-likeness (QED) is 0.259. The molecule has 0 saturated carbocycles. The summed E-state index contributed by atoms with van der Waals surface area (Å²) in [5, 5.41) is 3.25. The zero-order valence-corrected chi connectivity index (χ0v) is 17.9. The largest absolute Gasteiger partial charge is 0.355 e. The van der Waals surface area contributed by atoms with E-state index in [2.05, 4.69) is 12.2 Å². The predicted molar refractivity (Wildman–Crippen MR) is 114 cm³/mol. The van der Waals surface area contributed by atoms with Crippen molar-refractivity contribution in [1.82, 2.24) is 10.2 Å². The van der Waals surface area contributed by atoms with Gasteiger partial charge in [0.25, 0.3) is 0 Å². The number of nitrogens with one attached hydrogen (secondary N) is 1. The number of hydrogen-bond donors (Lipinski definition) is 1. The van der Waals surface area contributed by atoms with Crippen molar-refractivity contribution in [2.75, 3.05) is 14.1 Å². The molecule has 0 aliphatic rings. The predicted octanol–water partition coefficient (Wildman–Crippen LogP) is 6.21. The summed E-state index contributed by atoms with van der Waals surface area (Å²) >= 11 is 5.06. The standard InChI is InChI=1S/C21H42N2OS/c1-4-5-6-7-8-9-10-11-12-13-14-15-16-17-18-19-20(24)22-21(25)23(2)3/h4-19H2,1-3H3,(H,22,24,25). The topological polar surface area (TPSA) is 32.3 Å². The molecule has 25 heavy (non-hydrogen) atoms. The summed E-state index contributed by atoms with van der Waals surface area (Å²) in [4.78, 5) is 13.4. The molecule has 0 saturated heterocycles. The molecule has 0 atom stereocenters. The molecule has 0 aliphatic carbocycles. The Morgan fingerprint density at radius 2 is 1.08 bits per heavy atom. The van der Waals surface area contributed by atoms with Crippen LogP contribution in [0, 0.1) is 0 Å². The molecule has 0 unspecified atom stereocenters. The number of carbonyl (C=O) groups excluding carboxylic acids is 1. The molecule has 3 nitrogen and oxygen atoms in total. The van der Waals surface area contributed by atoms with Gasteiger partial charge >= 0.3 is 0 Å². The third-order valence-corrected chi connectivity index (χ3v) is 5.13. The maximum absolute atomic E-state index is 11.7. The van der Waals surface area contributed by atoms with E-state index in [1.54, 1.807) is 4.90 Å². The maximum Gasteiger partial charge on any atom is 0.226 e. The average molecular weight is 371 g/mol. The molecule has 0 aromatic carbocycles. The molecule has 0 fully saturated rings. The van der Waals surface area contributed by atoms with Crippen molar-refractivity contribution in [1.29, 1.82) is 0 Å². The molecule has 4 heteroatoms. The molecule has 0 radical (unpaired) electrons. The molecule has 0 rings (SSSR count). The minimum absolute atomic E-state index is 0.0494. The molecule has 0 aromatic heterocycles. The van der Waals surface area contributed by atoms with E-state index in [9.17, 15) is 4.79 Å². The Kier molecular flexibility index (Phi) is 17.7. The number of thiocarbonyl (C=S) groups is 1. The molecule has 0 spiro atoms. The fourth-order valence-corrected chi connectivity index (χ4v) is 3.06. The zero-order chi connectivity index (χ0) is 18.8. The molecule has 0 aromatic rings. The van der Waals surface area contributed by atoms with E-state index < -0.39 is 0 Å². The van der Waals surface area contributed by atoms with E-state index in [0.717, 1.165) is 12.8 Å². The maximum atomic E-state index is 11.7. The Balaban J connectivity index is 3.19. The van der Waals surface area contributed by atoms with Gasteiger partial charge in [0.15, 0.2) is 5.11 Å². The Morgan fingerprint density at radius 1 is 0.720 bits per heavy atom. The van der Waals surface area contributed by atoms with Crippen molar-refractivity contribution < 1.29 is 4.79 Å². The number of carbonyl (C=O) groups is 1. The highest BCUT2D eigenvalue weighted by Crippen LogP contribution is 2.13. The van der Waals surface area contributed by atoms with Crippen molar-refractivity contribution in [3.05, 3.63) is 0 Å². The molecular weight excluding hydrogens is 328 g/mol. The first-order valence-corrected chi connectivity index (χ1v) is 11.0. The number of nitrogens with zero attached hydrogens (tertiary/aromatic N) is 1. The summed E-state index contributed by atoms with van der Waals surface area (Å²) in [7, 11) is 3.69. The zero-order valence-electron chi connectivity index (χ0n) is 17.1. The lowest BCUT2D eigenvalue weighted by Gasteiger charge is -2.14. The monoisotopic (exact) mass is 370 g/mol. The summed E-state index contributed by atoms with van der Waals surface area (Å²) in [5.74, 6) is 0.0494. The number of rotatable bonds is 16. The fraction of sp³-hybridized carbons (Fsp3) is 0.905. The van der Waals surface area contributed by atoms with Crippen LogP contribution >= 0.6 is 12.2 Å². The van der Waals surface area contributed by atoms with Gasteiger partial charge in [0.1, 0.15) is 0 Å². The highest BCUT2D eigenvalue weighted by molar-refractivity contribution is 7.80. The summed E-state index contributed by atoms with van der Waals surface area (Å²) in [6.45, 7) is 2.28. The summed E-state index contributed by atoms with van der Waals surface area (Å²) in [6.07, 6.45) is 20.8. The Bertz CT molecular complexity index is 332. The second kappa shape index (κ2) is 18.2. The van der Waals surface area contributed by atoms with Gasteiger partial charge in [-0.25, -0.2) is 0 Å². The molecule has 0 aliphatic heterocycles. The molecular formula is C21H42N2OS. The molecule has 0 bridgehead atoms. The van der Waals surface area contributed by atoms with E-state index in [1.165, 1.54) is 83.5 Å². The first kappa shape index (κ1) is 24.4. The highest BCUT2D eigenvalue weighted by Gasteiger charge is 2.05. The number of amides is 1. The van der Waals surface area contributed by atoms with E-state index in [0.29, 0.717) is 11.5 Å². The van der Waals surface area contributed by atoms with Gasteiger partial charge in [0.05, 0.1) is 0 Å². The van der Waals surface area contributed by atoms with Crippen LogP contribution in [0.5, 0.6) is 0 Å². The molecule has 1 amide bonds. The third-order valence-electron chi connectivity index (χ3n) is 4.66. The molecule has 148 valence electrons. The normalized spacial score (nSPS) is 10.7. The van der Waals surface area contributed by atoms with Crippen LogP contribution in [0.1, 0.15) is 110 Å². The van der Waals surface area contributed by atoms with Crippen molar-refractivity contribution in [2.45, 2.75) is 110 Å². The Morgan fingerprint density at radius 3 is 1.44 bits per heavy atom. The van der Waals surface area contributed by atoms with Gasteiger partial charge in [-0.1, -0.05) is 96.8 Å². The van der Waals surface area contributed by atoms with Gasteiger partial charge in [-0.2, -0.15) is 0 Å². The van der Waals surface area contributed by atoms with Crippen LogP contribution in [-0.4, -0.2) is 30.0 Å². The van der Waals surface area contributed by atoms with Crippen LogP contribution in [0.4, 0.5) is 0 Å². The minimum Gasteiger partial charge on any atom is -0.355 e. The minimum atomic E-state index is 0.0494. The lowest BCUT2D eigenvalue weighted by Crippen LogP contribution is -2.38. The van der Waals surface area contributed by atoms with Gasteiger partial charge in [0, 0.05) is 20.5 Å². The van der Waals surface area contributed by atoms with E-state index in [4.69, 9.17) is 12.2 Å². The van der Waals surface area contributed by atoms with Crippen molar-refractivity contribution in [3.63, 3.8) is 0 Å². The van der Waals surface area contributed by atoms with Crippen LogP contribution in [-0.2, 0) is 4.79 Å². The van der Waals surface area contributed by atoms with E-state index >= 15 is 0 Å². The van der Waals surface area contributed by atoms with Gasteiger partial charge < -0.3 is 10.2 Å². The average Bonchev–Trinajstić information content (AvgIpc) is 2.58. The fourth-order valence-electron chi connectivity index (χ4n) is 2.95. The van der Waals surface area contributed by atoms with E-state index in [-0.39, 0.29) is 5.91 Å². The summed E-state index contributed by atoms with van der Waals surface area (Å²) < 4.78 is 0. The third kappa shape index (κ3) is 18.0.